The van der Waals surface area contributed by atoms with Crippen LogP contribution in [0.1, 0.15) is 21.1 Å². The molecule has 2 heterocycles. The van der Waals surface area contributed by atoms with Gasteiger partial charge in [0.2, 0.25) is 0 Å². The van der Waals surface area contributed by atoms with E-state index in [1.165, 1.54) is 0 Å². The van der Waals surface area contributed by atoms with Crippen molar-refractivity contribution in [2.75, 3.05) is 5.32 Å². The maximum absolute atomic E-state index is 12.5. The fraction of sp³-hybridized carbons (Fsp3) is 0.118. The summed E-state index contributed by atoms with van der Waals surface area (Å²) in [4.78, 5) is 19.7. The summed E-state index contributed by atoms with van der Waals surface area (Å²) in [5, 5.41) is 5.52. The highest BCUT2D eigenvalue weighted by atomic mass is 32.1. The molecule has 3 aromatic rings. The van der Waals surface area contributed by atoms with Crippen molar-refractivity contribution in [2.45, 2.75) is 13.1 Å². The van der Waals surface area contributed by atoms with E-state index >= 15 is 0 Å². The van der Waals surface area contributed by atoms with Crippen LogP contribution in [0, 0.1) is 6.92 Å². The Morgan fingerprint density at radius 2 is 1.84 bits per heavy atom. The highest BCUT2D eigenvalue weighted by Crippen LogP contribution is 2.27. The minimum Gasteiger partial charge on any atom is -0.322 e. The summed E-state index contributed by atoms with van der Waals surface area (Å²) < 4.78 is 37.4. The molecule has 0 unspecified atom stereocenters. The van der Waals surface area contributed by atoms with Crippen LogP contribution in [0.15, 0.2) is 48.0 Å². The van der Waals surface area contributed by atoms with Crippen molar-refractivity contribution in [2.24, 2.45) is 0 Å². The zero-order chi connectivity index (χ0) is 18.0. The lowest BCUT2D eigenvalue weighted by Gasteiger charge is -2.08. The molecule has 2 aromatic heterocycles. The predicted octanol–water partition coefficient (Wildman–Crippen LogP) is 4.78. The Labute approximate surface area is 145 Å². The van der Waals surface area contributed by atoms with Crippen LogP contribution in [0.25, 0.3) is 11.3 Å². The smallest absolute Gasteiger partial charge is 0.322 e. The number of benzene rings is 1. The third kappa shape index (κ3) is 4.03. The van der Waals surface area contributed by atoms with Gasteiger partial charge in [-0.05, 0) is 31.2 Å². The van der Waals surface area contributed by atoms with Crippen LogP contribution in [0.5, 0.6) is 0 Å². The molecule has 1 aromatic carbocycles. The van der Waals surface area contributed by atoms with E-state index in [9.17, 15) is 18.0 Å². The molecule has 0 aliphatic carbocycles. The highest BCUT2D eigenvalue weighted by molar-refractivity contribution is 7.09. The molecule has 0 saturated heterocycles. The molecule has 0 aliphatic rings. The molecule has 0 radical (unpaired) electrons. The Balaban J connectivity index is 1.70. The molecule has 4 nitrogen and oxygen atoms in total. The van der Waals surface area contributed by atoms with Crippen molar-refractivity contribution < 1.29 is 18.0 Å². The molecule has 0 saturated carbocycles. The summed E-state index contributed by atoms with van der Waals surface area (Å²) in [6.07, 6.45) is -3.62. The molecule has 3 rings (SSSR count). The number of aryl methyl sites for hydroxylation is 1. The molecule has 8 heteroatoms. The van der Waals surface area contributed by atoms with Crippen LogP contribution >= 0.6 is 11.3 Å². The number of alkyl halides is 3. The van der Waals surface area contributed by atoms with Gasteiger partial charge in [-0.25, -0.2) is 4.98 Å². The first kappa shape index (κ1) is 17.1. The highest BCUT2D eigenvalue weighted by Gasteiger charge is 2.32. The number of amides is 1. The summed E-state index contributed by atoms with van der Waals surface area (Å²) in [5.74, 6) is -0.529. The first-order chi connectivity index (χ1) is 11.8. The summed E-state index contributed by atoms with van der Waals surface area (Å²) in [6.45, 7) is 1.92. The van der Waals surface area contributed by atoms with E-state index in [1.807, 2.05) is 24.4 Å². The molecule has 0 aliphatic heterocycles. The van der Waals surface area contributed by atoms with E-state index in [0.717, 1.165) is 34.6 Å². The summed E-state index contributed by atoms with van der Waals surface area (Å²) in [5.41, 5.74) is 1.31. The first-order valence-electron chi connectivity index (χ1n) is 7.20. The molecule has 1 amide bonds. The van der Waals surface area contributed by atoms with Crippen molar-refractivity contribution >= 4 is 22.9 Å². The molecule has 128 valence electrons. The van der Waals surface area contributed by atoms with Gasteiger partial charge in [0, 0.05) is 22.8 Å². The van der Waals surface area contributed by atoms with Crippen molar-refractivity contribution in [3.63, 3.8) is 0 Å². The molecule has 25 heavy (non-hydrogen) atoms. The Bertz CT molecular complexity index is 887. The number of carbonyl (C=O) groups excluding carboxylic acids is 1. The van der Waals surface area contributed by atoms with Gasteiger partial charge < -0.3 is 5.32 Å². The lowest BCUT2D eigenvalue weighted by atomic mass is 10.1. The van der Waals surface area contributed by atoms with Gasteiger partial charge in [-0.3, -0.25) is 9.78 Å². The van der Waals surface area contributed by atoms with Gasteiger partial charge >= 0.3 is 6.18 Å². The third-order valence-corrected chi connectivity index (χ3v) is 4.15. The number of rotatable bonds is 3. The molecular formula is C17H12F3N3OS. The van der Waals surface area contributed by atoms with Crippen LogP contribution in [0.4, 0.5) is 18.9 Å². The zero-order valence-corrected chi connectivity index (χ0v) is 13.8. The number of hydrogen-bond acceptors (Lipinski definition) is 4. The van der Waals surface area contributed by atoms with Gasteiger partial charge in [-0.1, -0.05) is 12.1 Å². The fourth-order valence-electron chi connectivity index (χ4n) is 2.12. The van der Waals surface area contributed by atoms with E-state index in [4.69, 9.17) is 0 Å². The van der Waals surface area contributed by atoms with E-state index in [1.54, 1.807) is 23.5 Å². The van der Waals surface area contributed by atoms with Crippen LogP contribution in [-0.2, 0) is 6.18 Å². The lowest BCUT2D eigenvalue weighted by Crippen LogP contribution is -2.14. The Morgan fingerprint density at radius 1 is 1.12 bits per heavy atom. The second kappa shape index (κ2) is 6.64. The number of thiazole rings is 1. The van der Waals surface area contributed by atoms with E-state index < -0.39 is 17.8 Å². The van der Waals surface area contributed by atoms with Gasteiger partial charge in [0.05, 0.1) is 16.3 Å². The number of pyridine rings is 1. The minimum atomic E-state index is -4.53. The second-order valence-corrected chi connectivity index (χ2v) is 6.28. The van der Waals surface area contributed by atoms with E-state index in [0.29, 0.717) is 5.69 Å². The topological polar surface area (TPSA) is 54.9 Å². The number of hydrogen-bond donors (Lipinski definition) is 1. The van der Waals surface area contributed by atoms with Gasteiger partial charge in [0.1, 0.15) is 5.69 Å². The Kier molecular flexibility index (Phi) is 4.54. The van der Waals surface area contributed by atoms with Crippen LogP contribution < -0.4 is 5.32 Å². The number of carbonyl (C=O) groups is 1. The number of nitrogens with one attached hydrogen (secondary N) is 1. The van der Waals surface area contributed by atoms with E-state index in [-0.39, 0.29) is 5.56 Å². The van der Waals surface area contributed by atoms with Crippen LogP contribution in [0.3, 0.4) is 0 Å². The number of anilines is 1. The SMILES string of the molecule is Cc1nc(-c2ccc(NC(=O)c3ccc(C(F)(F)F)nc3)cc2)cs1. The maximum atomic E-state index is 12.5. The first-order valence-corrected chi connectivity index (χ1v) is 8.08. The van der Waals surface area contributed by atoms with E-state index in [2.05, 4.69) is 15.3 Å². The van der Waals surface area contributed by atoms with Gasteiger partial charge in [0.15, 0.2) is 0 Å². The van der Waals surface area contributed by atoms with Crippen molar-refractivity contribution in [1.29, 1.82) is 0 Å². The Morgan fingerprint density at radius 3 is 2.36 bits per heavy atom. The fourth-order valence-corrected chi connectivity index (χ4v) is 2.74. The zero-order valence-electron chi connectivity index (χ0n) is 13.0. The Hall–Kier alpha value is -2.74. The third-order valence-electron chi connectivity index (χ3n) is 3.37. The van der Waals surface area contributed by atoms with Crippen LogP contribution in [-0.4, -0.2) is 15.9 Å². The molecule has 0 fully saturated rings. The molecule has 1 N–H and O–H groups in total. The minimum absolute atomic E-state index is 0.0483. The van der Waals surface area contributed by atoms with Crippen molar-refractivity contribution in [3.05, 3.63) is 64.2 Å². The number of nitrogens with zero attached hydrogens (tertiary/aromatic N) is 2. The summed E-state index contributed by atoms with van der Waals surface area (Å²) >= 11 is 1.55. The van der Waals surface area contributed by atoms with Crippen molar-refractivity contribution in [1.82, 2.24) is 9.97 Å². The van der Waals surface area contributed by atoms with Crippen LogP contribution in [0.2, 0.25) is 0 Å². The second-order valence-electron chi connectivity index (χ2n) is 5.21. The molecule has 0 spiro atoms. The van der Waals surface area contributed by atoms with Gasteiger partial charge in [-0.2, -0.15) is 13.2 Å². The molecule has 0 atom stereocenters. The standard InChI is InChI=1S/C17H12F3N3OS/c1-10-22-14(9-25-10)11-2-5-13(6-3-11)23-16(24)12-4-7-15(21-8-12)17(18,19)20/h2-9H,1H3,(H,23,24). The number of aromatic nitrogens is 2. The van der Waals surface area contributed by atoms with Gasteiger partial charge in [0.25, 0.3) is 5.91 Å². The maximum Gasteiger partial charge on any atom is 0.433 e. The normalized spacial score (nSPS) is 11.4. The quantitative estimate of drug-likeness (QED) is 0.728. The summed E-state index contributed by atoms with van der Waals surface area (Å²) in [7, 11) is 0. The lowest BCUT2D eigenvalue weighted by molar-refractivity contribution is -0.141. The largest absolute Gasteiger partial charge is 0.433 e. The average Bonchev–Trinajstić information content (AvgIpc) is 3.01. The number of halogens is 3. The van der Waals surface area contributed by atoms with Gasteiger partial charge in [-0.15, -0.1) is 11.3 Å². The predicted molar refractivity (Wildman–Crippen MR) is 89.5 cm³/mol. The molecular weight excluding hydrogens is 351 g/mol. The average molecular weight is 363 g/mol. The monoisotopic (exact) mass is 363 g/mol. The molecule has 0 bridgehead atoms. The van der Waals surface area contributed by atoms with Crippen molar-refractivity contribution in [3.8, 4) is 11.3 Å². The summed E-state index contributed by atoms with van der Waals surface area (Å²) in [6, 6.07) is 8.92.